The summed E-state index contributed by atoms with van der Waals surface area (Å²) in [6, 6.07) is 2.60. The van der Waals surface area contributed by atoms with Crippen LogP contribution >= 0.6 is 11.6 Å². The Kier molecular flexibility index (Phi) is 4.75. The molecule has 0 aromatic carbocycles. The first-order chi connectivity index (χ1) is 9.56. The van der Waals surface area contributed by atoms with Crippen LogP contribution in [0.15, 0.2) is 12.1 Å². The number of carbonyl (C=O) groups is 2. The van der Waals surface area contributed by atoms with Crippen LogP contribution in [-0.2, 0) is 4.79 Å². The molecule has 1 aliphatic heterocycles. The Morgan fingerprint density at radius 1 is 1.40 bits per heavy atom. The van der Waals surface area contributed by atoms with Crippen LogP contribution < -0.4 is 10.6 Å². The summed E-state index contributed by atoms with van der Waals surface area (Å²) in [5.74, 6) is -0.866. The van der Waals surface area contributed by atoms with Crippen LogP contribution in [0.1, 0.15) is 10.4 Å². The molecule has 3 N–H and O–H groups in total. The summed E-state index contributed by atoms with van der Waals surface area (Å²) in [5, 5.41) is 15.0. The smallest absolute Gasteiger partial charge is 0.335 e. The second kappa shape index (κ2) is 6.53. The van der Waals surface area contributed by atoms with E-state index in [1.165, 1.54) is 12.1 Å². The second-order valence-corrected chi connectivity index (χ2v) is 4.74. The molecule has 108 valence electrons. The van der Waals surface area contributed by atoms with E-state index in [4.69, 9.17) is 16.7 Å². The van der Waals surface area contributed by atoms with Gasteiger partial charge < -0.3 is 20.6 Å². The molecule has 0 spiro atoms. The van der Waals surface area contributed by atoms with Crippen LogP contribution in [-0.4, -0.2) is 59.6 Å². The molecule has 0 saturated carbocycles. The van der Waals surface area contributed by atoms with Crippen molar-refractivity contribution in [3.63, 3.8) is 0 Å². The molecule has 0 aliphatic carbocycles. The monoisotopic (exact) mass is 298 g/mol. The molecule has 1 fully saturated rings. The summed E-state index contributed by atoms with van der Waals surface area (Å²) in [4.78, 5) is 28.5. The number of halogens is 1. The quantitative estimate of drug-likeness (QED) is 0.691. The molecule has 2 heterocycles. The third-order valence-electron chi connectivity index (χ3n) is 2.93. The fourth-order valence-electron chi connectivity index (χ4n) is 1.90. The van der Waals surface area contributed by atoms with Gasteiger partial charge >= 0.3 is 5.97 Å². The average molecular weight is 299 g/mol. The molecule has 7 nitrogen and oxygen atoms in total. The molecule has 0 atom stereocenters. The van der Waals surface area contributed by atoms with Crippen LogP contribution in [0, 0.1) is 0 Å². The zero-order valence-corrected chi connectivity index (χ0v) is 11.5. The maximum Gasteiger partial charge on any atom is 0.335 e. The molecule has 0 bridgehead atoms. The lowest BCUT2D eigenvalue weighted by atomic mass is 10.2. The molecule has 1 saturated heterocycles. The third kappa shape index (κ3) is 3.82. The molecular formula is C12H15ClN4O3. The van der Waals surface area contributed by atoms with E-state index in [0.717, 1.165) is 13.1 Å². The highest BCUT2D eigenvalue weighted by Crippen LogP contribution is 2.14. The summed E-state index contributed by atoms with van der Waals surface area (Å²) >= 11 is 5.74. The average Bonchev–Trinajstić information content (AvgIpc) is 2.45. The van der Waals surface area contributed by atoms with Crippen LogP contribution in [0.4, 0.5) is 5.82 Å². The van der Waals surface area contributed by atoms with Crippen molar-refractivity contribution >= 4 is 29.3 Å². The van der Waals surface area contributed by atoms with E-state index in [9.17, 15) is 9.59 Å². The molecule has 1 aromatic heterocycles. The number of nitrogens with one attached hydrogen (secondary N) is 2. The number of aromatic carboxylic acids is 1. The van der Waals surface area contributed by atoms with Gasteiger partial charge in [-0.25, -0.2) is 9.78 Å². The summed E-state index contributed by atoms with van der Waals surface area (Å²) in [6.07, 6.45) is 0. The Balaban J connectivity index is 1.96. The first kappa shape index (κ1) is 14.5. The van der Waals surface area contributed by atoms with Gasteiger partial charge in [-0.15, -0.1) is 0 Å². The van der Waals surface area contributed by atoms with Gasteiger partial charge in [-0.2, -0.15) is 0 Å². The van der Waals surface area contributed by atoms with Gasteiger partial charge in [-0.3, -0.25) is 4.79 Å². The van der Waals surface area contributed by atoms with E-state index >= 15 is 0 Å². The van der Waals surface area contributed by atoms with E-state index < -0.39 is 5.97 Å². The van der Waals surface area contributed by atoms with Crippen molar-refractivity contribution in [2.45, 2.75) is 0 Å². The van der Waals surface area contributed by atoms with Gasteiger partial charge in [0.15, 0.2) is 0 Å². The highest BCUT2D eigenvalue weighted by Gasteiger charge is 2.16. The number of hydrogen-bond acceptors (Lipinski definition) is 5. The van der Waals surface area contributed by atoms with Crippen molar-refractivity contribution in [1.82, 2.24) is 15.2 Å². The number of carboxylic acids is 1. The minimum Gasteiger partial charge on any atom is -0.478 e. The summed E-state index contributed by atoms with van der Waals surface area (Å²) < 4.78 is 0. The molecule has 2 rings (SSSR count). The van der Waals surface area contributed by atoms with Gasteiger partial charge in [-0.1, -0.05) is 11.6 Å². The number of hydrogen-bond donors (Lipinski definition) is 3. The van der Waals surface area contributed by atoms with E-state index in [1.54, 1.807) is 4.90 Å². The minimum absolute atomic E-state index is 0.0297. The molecule has 20 heavy (non-hydrogen) atoms. The molecule has 0 unspecified atom stereocenters. The fourth-order valence-corrected chi connectivity index (χ4v) is 2.11. The highest BCUT2D eigenvalue weighted by atomic mass is 35.5. The van der Waals surface area contributed by atoms with E-state index in [2.05, 4.69) is 15.6 Å². The number of pyridine rings is 1. The first-order valence-corrected chi connectivity index (χ1v) is 6.57. The lowest BCUT2D eigenvalue weighted by Gasteiger charge is -2.27. The Morgan fingerprint density at radius 2 is 2.10 bits per heavy atom. The Hall–Kier alpha value is -1.86. The molecule has 1 aromatic rings. The molecule has 1 aliphatic rings. The summed E-state index contributed by atoms with van der Waals surface area (Å²) in [6.45, 7) is 2.97. The van der Waals surface area contributed by atoms with Gasteiger partial charge in [0.2, 0.25) is 5.91 Å². The third-order valence-corrected chi connectivity index (χ3v) is 3.13. The fraction of sp³-hybridized carbons (Fsp3) is 0.417. The lowest BCUT2D eigenvalue weighted by molar-refractivity contribution is -0.129. The van der Waals surface area contributed by atoms with Crippen LogP contribution in [0.2, 0.25) is 5.15 Å². The number of rotatable bonds is 4. The molecule has 0 radical (unpaired) electrons. The van der Waals surface area contributed by atoms with E-state index in [1.807, 2.05) is 0 Å². The number of aromatic nitrogens is 1. The van der Waals surface area contributed by atoms with Crippen molar-refractivity contribution in [3.05, 3.63) is 22.8 Å². The minimum atomic E-state index is -1.09. The topological polar surface area (TPSA) is 94.6 Å². The summed E-state index contributed by atoms with van der Waals surface area (Å²) in [5.41, 5.74) is 0.0297. The molecule has 1 amide bonds. The number of carbonyl (C=O) groups excluding carboxylic acids is 1. The highest BCUT2D eigenvalue weighted by molar-refractivity contribution is 6.29. The predicted molar refractivity (Wildman–Crippen MR) is 74.1 cm³/mol. The van der Waals surface area contributed by atoms with Crippen molar-refractivity contribution in [3.8, 4) is 0 Å². The van der Waals surface area contributed by atoms with E-state index in [-0.39, 0.29) is 29.0 Å². The first-order valence-electron chi connectivity index (χ1n) is 6.19. The Labute approximate surface area is 120 Å². The largest absolute Gasteiger partial charge is 0.478 e. The lowest BCUT2D eigenvalue weighted by Crippen LogP contribution is -2.48. The Bertz CT molecular complexity index is 517. The number of anilines is 1. The SMILES string of the molecule is O=C(O)c1cc(Cl)nc(NCC(=O)N2CCNCC2)c1. The second-order valence-electron chi connectivity index (χ2n) is 4.35. The van der Waals surface area contributed by atoms with Crippen LogP contribution in [0.3, 0.4) is 0 Å². The summed E-state index contributed by atoms with van der Waals surface area (Å²) in [7, 11) is 0. The van der Waals surface area contributed by atoms with Crippen molar-refractivity contribution in [2.75, 3.05) is 38.0 Å². The van der Waals surface area contributed by atoms with Gasteiger partial charge in [0.1, 0.15) is 11.0 Å². The number of carboxylic acid groups (broad SMARTS) is 1. The van der Waals surface area contributed by atoms with Crippen LogP contribution in [0.5, 0.6) is 0 Å². The van der Waals surface area contributed by atoms with Crippen molar-refractivity contribution in [2.24, 2.45) is 0 Å². The standard InChI is InChI=1S/C12H15ClN4O3/c13-9-5-8(12(19)20)6-10(16-9)15-7-11(18)17-3-1-14-2-4-17/h5-6,14H,1-4,7H2,(H,15,16)(H,19,20). The van der Waals surface area contributed by atoms with Crippen molar-refractivity contribution < 1.29 is 14.7 Å². The normalized spacial score (nSPS) is 14.9. The number of piperazine rings is 1. The molecule has 8 heteroatoms. The predicted octanol–water partition coefficient (Wildman–Crippen LogP) is 0.277. The Morgan fingerprint density at radius 3 is 2.75 bits per heavy atom. The number of amides is 1. The number of nitrogens with zero attached hydrogens (tertiary/aromatic N) is 2. The van der Waals surface area contributed by atoms with Gasteiger partial charge in [0.05, 0.1) is 12.1 Å². The van der Waals surface area contributed by atoms with Gasteiger partial charge in [0, 0.05) is 26.2 Å². The maximum atomic E-state index is 11.9. The zero-order valence-electron chi connectivity index (χ0n) is 10.7. The van der Waals surface area contributed by atoms with Crippen LogP contribution in [0.25, 0.3) is 0 Å². The van der Waals surface area contributed by atoms with Gasteiger partial charge in [0.25, 0.3) is 0 Å². The maximum absolute atomic E-state index is 11.9. The van der Waals surface area contributed by atoms with E-state index in [0.29, 0.717) is 13.1 Å². The van der Waals surface area contributed by atoms with Gasteiger partial charge in [-0.05, 0) is 12.1 Å². The van der Waals surface area contributed by atoms with Crippen molar-refractivity contribution in [1.29, 1.82) is 0 Å². The zero-order chi connectivity index (χ0) is 14.5. The molecular weight excluding hydrogens is 284 g/mol.